The fraction of sp³-hybridized carbons (Fsp3) is 0.429. The summed E-state index contributed by atoms with van der Waals surface area (Å²) in [6.07, 6.45) is 0.901. The van der Waals surface area contributed by atoms with Crippen molar-refractivity contribution in [3.05, 3.63) is 33.5 Å². The Morgan fingerprint density at radius 2 is 2.20 bits per heavy atom. The molecule has 1 atom stereocenters. The van der Waals surface area contributed by atoms with E-state index in [0.717, 1.165) is 18.6 Å². The van der Waals surface area contributed by atoms with Crippen LogP contribution in [0.1, 0.15) is 22.3 Å². The number of hydrogen-bond donors (Lipinski definition) is 3. The van der Waals surface area contributed by atoms with Gasteiger partial charge in [0, 0.05) is 24.6 Å². The van der Waals surface area contributed by atoms with Crippen LogP contribution in [0, 0.1) is 12.8 Å². The normalized spacial score (nSPS) is 17.9. The van der Waals surface area contributed by atoms with Crippen molar-refractivity contribution in [1.29, 1.82) is 0 Å². The maximum atomic E-state index is 12.1. The second-order valence-electron chi connectivity index (χ2n) is 4.92. The summed E-state index contributed by atoms with van der Waals surface area (Å²) >= 11 is 0. The number of aryl methyl sites for hydroxylation is 1. The van der Waals surface area contributed by atoms with E-state index in [4.69, 9.17) is 4.74 Å². The highest BCUT2D eigenvalue weighted by atomic mass is 16.5. The number of rotatable bonds is 3. The number of carbonyl (C=O) groups excluding carboxylic acids is 1. The molecule has 1 fully saturated rings. The maximum Gasteiger partial charge on any atom is 0.251 e. The van der Waals surface area contributed by atoms with Crippen molar-refractivity contribution in [2.24, 2.45) is 5.92 Å². The standard InChI is InChI=1S/C14H17NO5/c1-8-4-11(16)13(18)12(17)5-10(8)14(19)15-6-9-2-3-20-7-9/h4-5,9H,2-3,6-7H2,1H3,(H,15,19)(H2,16,17,18). The molecule has 0 aromatic heterocycles. The first-order valence-electron chi connectivity index (χ1n) is 6.42. The molecular formula is C14H17NO5. The van der Waals surface area contributed by atoms with E-state index < -0.39 is 16.9 Å². The monoisotopic (exact) mass is 279 g/mol. The molecule has 0 radical (unpaired) electrons. The van der Waals surface area contributed by atoms with Gasteiger partial charge in [-0.25, -0.2) is 0 Å². The lowest BCUT2D eigenvalue weighted by Gasteiger charge is -2.09. The first kappa shape index (κ1) is 14.3. The van der Waals surface area contributed by atoms with E-state index in [2.05, 4.69) is 5.32 Å². The van der Waals surface area contributed by atoms with Crippen molar-refractivity contribution >= 4 is 5.91 Å². The summed E-state index contributed by atoms with van der Waals surface area (Å²) in [5.74, 6) is -1.46. The van der Waals surface area contributed by atoms with Gasteiger partial charge in [-0.3, -0.25) is 9.59 Å². The van der Waals surface area contributed by atoms with E-state index in [1.54, 1.807) is 6.92 Å². The van der Waals surface area contributed by atoms with Gasteiger partial charge in [-0.05, 0) is 31.0 Å². The van der Waals surface area contributed by atoms with Gasteiger partial charge in [-0.1, -0.05) is 0 Å². The molecule has 1 unspecified atom stereocenters. The minimum Gasteiger partial charge on any atom is -0.504 e. The zero-order valence-electron chi connectivity index (χ0n) is 11.2. The van der Waals surface area contributed by atoms with Gasteiger partial charge in [0.05, 0.1) is 6.61 Å². The van der Waals surface area contributed by atoms with Crippen LogP contribution in [0.3, 0.4) is 0 Å². The van der Waals surface area contributed by atoms with Gasteiger partial charge in [-0.15, -0.1) is 0 Å². The second-order valence-corrected chi connectivity index (χ2v) is 4.92. The summed E-state index contributed by atoms with van der Waals surface area (Å²) in [5, 5.41) is 21.7. The number of carbonyl (C=O) groups is 1. The van der Waals surface area contributed by atoms with Crippen molar-refractivity contribution in [3.8, 4) is 11.5 Å². The molecule has 1 aromatic rings. The number of ether oxygens (including phenoxy) is 1. The third-order valence-corrected chi connectivity index (χ3v) is 3.35. The van der Waals surface area contributed by atoms with Gasteiger partial charge in [-0.2, -0.15) is 0 Å². The molecule has 0 aliphatic carbocycles. The van der Waals surface area contributed by atoms with Crippen molar-refractivity contribution in [1.82, 2.24) is 5.32 Å². The zero-order chi connectivity index (χ0) is 14.7. The van der Waals surface area contributed by atoms with Crippen molar-refractivity contribution < 1.29 is 19.7 Å². The summed E-state index contributed by atoms with van der Waals surface area (Å²) in [4.78, 5) is 23.5. The molecule has 1 aliphatic heterocycles. The van der Waals surface area contributed by atoms with E-state index >= 15 is 0 Å². The molecule has 1 saturated heterocycles. The van der Waals surface area contributed by atoms with E-state index in [1.165, 1.54) is 0 Å². The molecule has 6 heteroatoms. The Morgan fingerprint density at radius 1 is 1.45 bits per heavy atom. The number of nitrogens with one attached hydrogen (secondary N) is 1. The van der Waals surface area contributed by atoms with Crippen LogP contribution in [0.5, 0.6) is 11.5 Å². The fourth-order valence-electron chi connectivity index (χ4n) is 2.11. The van der Waals surface area contributed by atoms with Crippen LogP contribution in [-0.4, -0.2) is 35.9 Å². The SMILES string of the molecule is Cc1cc(=O)c(O)c(O)cc1C(=O)NCC1CCOC1. The molecule has 0 saturated carbocycles. The highest BCUT2D eigenvalue weighted by Gasteiger charge is 2.18. The topological polar surface area (TPSA) is 95.9 Å². The van der Waals surface area contributed by atoms with Gasteiger partial charge >= 0.3 is 0 Å². The number of aromatic hydroxyl groups is 2. The van der Waals surface area contributed by atoms with Gasteiger partial charge in [0.2, 0.25) is 11.2 Å². The van der Waals surface area contributed by atoms with Crippen LogP contribution in [0.15, 0.2) is 16.9 Å². The lowest BCUT2D eigenvalue weighted by molar-refractivity contribution is 0.0944. The fourth-order valence-corrected chi connectivity index (χ4v) is 2.11. The number of hydrogen-bond acceptors (Lipinski definition) is 5. The Balaban J connectivity index is 2.19. The second kappa shape index (κ2) is 5.92. The first-order valence-corrected chi connectivity index (χ1v) is 6.42. The van der Waals surface area contributed by atoms with Crippen LogP contribution in [0.4, 0.5) is 0 Å². The molecule has 20 heavy (non-hydrogen) atoms. The highest BCUT2D eigenvalue weighted by molar-refractivity contribution is 5.96. The third kappa shape index (κ3) is 3.08. The summed E-state index contributed by atoms with van der Waals surface area (Å²) in [6, 6.07) is 2.23. The Kier molecular flexibility index (Phi) is 4.24. The van der Waals surface area contributed by atoms with Gasteiger partial charge < -0.3 is 20.3 Å². The highest BCUT2D eigenvalue weighted by Crippen LogP contribution is 2.21. The lowest BCUT2D eigenvalue weighted by Crippen LogP contribution is -2.29. The molecular weight excluding hydrogens is 262 g/mol. The van der Waals surface area contributed by atoms with Crippen molar-refractivity contribution in [3.63, 3.8) is 0 Å². The predicted molar refractivity (Wildman–Crippen MR) is 72.0 cm³/mol. The molecule has 1 aromatic carbocycles. The molecule has 0 bridgehead atoms. The van der Waals surface area contributed by atoms with E-state index in [0.29, 0.717) is 25.3 Å². The molecule has 1 aliphatic rings. The third-order valence-electron chi connectivity index (χ3n) is 3.35. The molecule has 2 rings (SSSR count). The van der Waals surface area contributed by atoms with Gasteiger partial charge in [0.25, 0.3) is 5.91 Å². The quantitative estimate of drug-likeness (QED) is 0.750. The van der Waals surface area contributed by atoms with Crippen molar-refractivity contribution in [2.75, 3.05) is 19.8 Å². The van der Waals surface area contributed by atoms with Crippen molar-refractivity contribution in [2.45, 2.75) is 13.3 Å². The van der Waals surface area contributed by atoms with Gasteiger partial charge in [0.15, 0.2) is 5.75 Å². The molecule has 1 amide bonds. The van der Waals surface area contributed by atoms with Crippen LogP contribution < -0.4 is 10.7 Å². The Bertz CT molecular complexity index is 578. The van der Waals surface area contributed by atoms with E-state index in [9.17, 15) is 19.8 Å². The summed E-state index contributed by atoms with van der Waals surface area (Å²) in [6.45, 7) is 3.38. The lowest BCUT2D eigenvalue weighted by atomic mass is 10.1. The van der Waals surface area contributed by atoms with Crippen LogP contribution in [0.2, 0.25) is 0 Å². The molecule has 3 N–H and O–H groups in total. The molecule has 108 valence electrons. The summed E-state index contributed by atoms with van der Waals surface area (Å²) in [5.41, 5.74) is -0.159. The predicted octanol–water partition coefficient (Wildman–Crippen LogP) is 0.533. The smallest absolute Gasteiger partial charge is 0.251 e. The number of amides is 1. The van der Waals surface area contributed by atoms with E-state index in [1.807, 2.05) is 0 Å². The van der Waals surface area contributed by atoms with Crippen LogP contribution >= 0.6 is 0 Å². The minimum absolute atomic E-state index is 0.166. The van der Waals surface area contributed by atoms with Crippen LogP contribution in [0.25, 0.3) is 0 Å². The van der Waals surface area contributed by atoms with Gasteiger partial charge in [0.1, 0.15) is 0 Å². The van der Waals surface area contributed by atoms with E-state index in [-0.39, 0.29) is 17.4 Å². The summed E-state index contributed by atoms with van der Waals surface area (Å²) < 4.78 is 5.22. The zero-order valence-corrected chi connectivity index (χ0v) is 11.2. The Hall–Kier alpha value is -2.08. The minimum atomic E-state index is -0.753. The first-order chi connectivity index (χ1) is 9.49. The Labute approximate surface area is 116 Å². The Morgan fingerprint density at radius 3 is 2.85 bits per heavy atom. The average Bonchev–Trinajstić information content (AvgIpc) is 2.90. The molecule has 0 spiro atoms. The van der Waals surface area contributed by atoms with Crippen LogP contribution in [-0.2, 0) is 4.74 Å². The maximum absolute atomic E-state index is 12.1. The molecule has 6 nitrogen and oxygen atoms in total. The largest absolute Gasteiger partial charge is 0.504 e. The average molecular weight is 279 g/mol. The molecule has 1 heterocycles. The summed E-state index contributed by atoms with van der Waals surface area (Å²) in [7, 11) is 0.